The van der Waals surface area contributed by atoms with Crippen molar-refractivity contribution in [3.63, 3.8) is 0 Å². The Morgan fingerprint density at radius 1 is 0.769 bits per heavy atom. The number of nitrogens with zero attached hydrogens (tertiary/aromatic N) is 3. The van der Waals surface area contributed by atoms with Crippen LogP contribution < -0.4 is 10.6 Å². The molecule has 0 aliphatic heterocycles. The Balaban J connectivity index is 1.80. The number of alkyl halides is 3. The quantitative estimate of drug-likeness (QED) is 0.590. The summed E-state index contributed by atoms with van der Waals surface area (Å²) in [4.78, 5) is 12.0. The zero-order chi connectivity index (χ0) is 18.7. The Kier molecular flexibility index (Phi) is 5.15. The standard InChI is InChI=1S/C16H10Cl2F3N5/c17-11-3-1-2-4-12(11)23-15-25-13(18)24-14(26-15)22-10-7-5-9(6-8-10)16(19,20)21/h1-8H,(H2,22,23,24,25,26). The van der Waals surface area contributed by atoms with E-state index >= 15 is 0 Å². The molecule has 134 valence electrons. The molecule has 0 aliphatic rings. The van der Waals surface area contributed by atoms with Gasteiger partial charge in [-0.15, -0.1) is 0 Å². The Labute approximate surface area is 156 Å². The van der Waals surface area contributed by atoms with Gasteiger partial charge in [-0.2, -0.15) is 28.1 Å². The van der Waals surface area contributed by atoms with Gasteiger partial charge in [0.05, 0.1) is 16.3 Å². The Morgan fingerprint density at radius 2 is 1.38 bits per heavy atom. The number of nitrogens with one attached hydrogen (secondary N) is 2. The fourth-order valence-electron chi connectivity index (χ4n) is 2.02. The van der Waals surface area contributed by atoms with Gasteiger partial charge in [0.2, 0.25) is 17.2 Å². The maximum Gasteiger partial charge on any atom is 0.416 e. The number of para-hydroxylation sites is 1. The van der Waals surface area contributed by atoms with E-state index in [-0.39, 0.29) is 17.2 Å². The topological polar surface area (TPSA) is 62.7 Å². The van der Waals surface area contributed by atoms with Gasteiger partial charge in [0.1, 0.15) is 0 Å². The van der Waals surface area contributed by atoms with Crippen LogP contribution >= 0.6 is 23.2 Å². The van der Waals surface area contributed by atoms with Crippen molar-refractivity contribution in [3.05, 3.63) is 64.4 Å². The molecule has 0 saturated heterocycles. The predicted octanol–water partition coefficient (Wildman–Crippen LogP) is 5.68. The van der Waals surface area contributed by atoms with Crippen molar-refractivity contribution in [2.24, 2.45) is 0 Å². The number of anilines is 4. The summed E-state index contributed by atoms with van der Waals surface area (Å²) >= 11 is 11.9. The number of hydrogen-bond acceptors (Lipinski definition) is 5. The summed E-state index contributed by atoms with van der Waals surface area (Å²) in [5.74, 6) is 0.201. The highest BCUT2D eigenvalue weighted by atomic mass is 35.5. The summed E-state index contributed by atoms with van der Waals surface area (Å²) in [7, 11) is 0. The first-order chi connectivity index (χ1) is 12.3. The minimum absolute atomic E-state index is 0.0688. The van der Waals surface area contributed by atoms with E-state index in [1.54, 1.807) is 24.3 Å². The van der Waals surface area contributed by atoms with Crippen molar-refractivity contribution in [1.82, 2.24) is 15.0 Å². The molecule has 0 bridgehead atoms. The minimum atomic E-state index is -4.40. The van der Waals surface area contributed by atoms with Crippen LogP contribution in [0.2, 0.25) is 10.3 Å². The maximum atomic E-state index is 12.6. The maximum absolute atomic E-state index is 12.6. The fourth-order valence-corrected chi connectivity index (χ4v) is 2.36. The highest BCUT2D eigenvalue weighted by Crippen LogP contribution is 2.30. The van der Waals surface area contributed by atoms with Gasteiger partial charge >= 0.3 is 6.18 Å². The third-order valence-electron chi connectivity index (χ3n) is 3.20. The summed E-state index contributed by atoms with van der Waals surface area (Å²) in [5.41, 5.74) is 0.179. The van der Waals surface area contributed by atoms with Crippen LogP contribution in [-0.2, 0) is 6.18 Å². The lowest BCUT2D eigenvalue weighted by Gasteiger charge is -2.10. The van der Waals surface area contributed by atoms with E-state index < -0.39 is 11.7 Å². The SMILES string of the molecule is FC(F)(F)c1ccc(Nc2nc(Cl)nc(Nc3ccccc3Cl)n2)cc1. The van der Waals surface area contributed by atoms with Crippen LogP contribution in [0.1, 0.15) is 5.56 Å². The molecular weight excluding hydrogens is 390 g/mol. The molecule has 0 aliphatic carbocycles. The van der Waals surface area contributed by atoms with Crippen LogP contribution in [0.5, 0.6) is 0 Å². The lowest BCUT2D eigenvalue weighted by molar-refractivity contribution is -0.137. The molecule has 2 aromatic carbocycles. The molecule has 10 heteroatoms. The summed E-state index contributed by atoms with van der Waals surface area (Å²) in [6, 6.07) is 11.4. The highest BCUT2D eigenvalue weighted by molar-refractivity contribution is 6.33. The second-order valence-corrected chi connectivity index (χ2v) is 5.80. The molecule has 3 aromatic rings. The Morgan fingerprint density at radius 3 is 2.00 bits per heavy atom. The van der Waals surface area contributed by atoms with E-state index in [0.29, 0.717) is 16.4 Å². The van der Waals surface area contributed by atoms with Gasteiger partial charge in [0.25, 0.3) is 0 Å². The Hall–Kier alpha value is -2.58. The van der Waals surface area contributed by atoms with E-state index in [0.717, 1.165) is 12.1 Å². The van der Waals surface area contributed by atoms with E-state index in [4.69, 9.17) is 23.2 Å². The molecule has 0 atom stereocenters. The van der Waals surface area contributed by atoms with Gasteiger partial charge < -0.3 is 10.6 Å². The molecule has 26 heavy (non-hydrogen) atoms. The average Bonchev–Trinajstić information content (AvgIpc) is 2.56. The molecule has 2 N–H and O–H groups in total. The molecule has 0 radical (unpaired) electrons. The Bertz CT molecular complexity index is 917. The van der Waals surface area contributed by atoms with Crippen LogP contribution in [0.3, 0.4) is 0 Å². The molecular formula is C16H10Cl2F3N5. The minimum Gasteiger partial charge on any atom is -0.324 e. The molecule has 0 spiro atoms. The van der Waals surface area contributed by atoms with Crippen molar-refractivity contribution in [1.29, 1.82) is 0 Å². The first kappa shape index (κ1) is 18.2. The lowest BCUT2D eigenvalue weighted by atomic mass is 10.2. The van der Waals surface area contributed by atoms with Crippen molar-refractivity contribution >= 4 is 46.5 Å². The first-order valence-corrected chi connectivity index (χ1v) is 7.94. The van der Waals surface area contributed by atoms with Crippen LogP contribution in [0, 0.1) is 0 Å². The summed E-state index contributed by atoms with van der Waals surface area (Å²) in [6.07, 6.45) is -4.40. The third kappa shape index (κ3) is 4.53. The van der Waals surface area contributed by atoms with Crippen LogP contribution in [0.4, 0.5) is 36.4 Å². The molecule has 0 fully saturated rings. The second kappa shape index (κ2) is 7.35. The first-order valence-electron chi connectivity index (χ1n) is 7.19. The van der Waals surface area contributed by atoms with E-state index in [9.17, 15) is 13.2 Å². The van der Waals surface area contributed by atoms with E-state index in [2.05, 4.69) is 25.6 Å². The normalized spacial score (nSPS) is 11.3. The highest BCUT2D eigenvalue weighted by Gasteiger charge is 2.29. The summed E-state index contributed by atoms with van der Waals surface area (Å²) < 4.78 is 37.8. The van der Waals surface area contributed by atoms with Crippen molar-refractivity contribution in [2.75, 3.05) is 10.6 Å². The summed E-state index contributed by atoms with van der Waals surface area (Å²) in [6.45, 7) is 0. The van der Waals surface area contributed by atoms with Crippen molar-refractivity contribution in [2.45, 2.75) is 6.18 Å². The number of hydrogen-bond donors (Lipinski definition) is 2. The zero-order valence-corrected chi connectivity index (χ0v) is 14.4. The third-order valence-corrected chi connectivity index (χ3v) is 3.70. The zero-order valence-electron chi connectivity index (χ0n) is 12.9. The smallest absolute Gasteiger partial charge is 0.324 e. The molecule has 1 aromatic heterocycles. The van der Waals surface area contributed by atoms with E-state index in [1.807, 2.05) is 0 Å². The van der Waals surface area contributed by atoms with Gasteiger partial charge in [0.15, 0.2) is 0 Å². The predicted molar refractivity (Wildman–Crippen MR) is 94.3 cm³/mol. The van der Waals surface area contributed by atoms with E-state index in [1.165, 1.54) is 12.1 Å². The monoisotopic (exact) mass is 399 g/mol. The van der Waals surface area contributed by atoms with Gasteiger partial charge in [-0.1, -0.05) is 23.7 Å². The van der Waals surface area contributed by atoms with Crippen molar-refractivity contribution in [3.8, 4) is 0 Å². The van der Waals surface area contributed by atoms with Gasteiger partial charge in [-0.05, 0) is 48.0 Å². The molecule has 1 heterocycles. The lowest BCUT2D eigenvalue weighted by Crippen LogP contribution is -2.06. The van der Waals surface area contributed by atoms with Crippen LogP contribution in [-0.4, -0.2) is 15.0 Å². The molecule has 0 unspecified atom stereocenters. The van der Waals surface area contributed by atoms with Gasteiger partial charge in [0, 0.05) is 5.69 Å². The summed E-state index contributed by atoms with van der Waals surface area (Å²) in [5, 5.41) is 6.04. The molecule has 5 nitrogen and oxygen atoms in total. The fraction of sp³-hybridized carbons (Fsp3) is 0.0625. The van der Waals surface area contributed by atoms with Crippen LogP contribution in [0.25, 0.3) is 0 Å². The van der Waals surface area contributed by atoms with Gasteiger partial charge in [-0.3, -0.25) is 0 Å². The van der Waals surface area contributed by atoms with Crippen LogP contribution in [0.15, 0.2) is 48.5 Å². The number of halogens is 5. The van der Waals surface area contributed by atoms with Crippen molar-refractivity contribution < 1.29 is 13.2 Å². The molecule has 0 amide bonds. The van der Waals surface area contributed by atoms with Gasteiger partial charge in [-0.25, -0.2) is 0 Å². The largest absolute Gasteiger partial charge is 0.416 e. The number of benzene rings is 2. The second-order valence-electron chi connectivity index (χ2n) is 5.06. The number of aromatic nitrogens is 3. The molecule has 3 rings (SSSR count). The molecule has 0 saturated carbocycles. The number of rotatable bonds is 4. The average molecular weight is 400 g/mol.